The molecule has 154 valence electrons. The van der Waals surface area contributed by atoms with Crippen molar-refractivity contribution in [3.05, 3.63) is 102 Å². The molecule has 0 radical (unpaired) electrons. The number of para-hydroxylation sites is 2. The zero-order valence-electron chi connectivity index (χ0n) is 17.9. The maximum absolute atomic E-state index is 6.08. The van der Waals surface area contributed by atoms with E-state index in [9.17, 15) is 0 Å². The van der Waals surface area contributed by atoms with Crippen molar-refractivity contribution in [1.29, 1.82) is 0 Å². The lowest BCUT2D eigenvalue weighted by molar-refractivity contribution is 0.584. The molecule has 0 saturated heterocycles. The van der Waals surface area contributed by atoms with Gasteiger partial charge in [-0.15, -0.1) is 10.2 Å². The fraction of sp³-hybridized carbons (Fsp3) is 0.0714. The largest absolute Gasteiger partial charge is 0.416 e. The minimum absolute atomic E-state index is 0.516. The lowest BCUT2D eigenvalue weighted by Crippen LogP contribution is -1.94. The zero-order chi connectivity index (χ0) is 21.7. The summed E-state index contributed by atoms with van der Waals surface area (Å²) >= 11 is 0. The van der Waals surface area contributed by atoms with Crippen LogP contribution in [0.1, 0.15) is 11.1 Å². The van der Waals surface area contributed by atoms with Crippen molar-refractivity contribution < 1.29 is 4.42 Å². The van der Waals surface area contributed by atoms with Crippen LogP contribution in [0.5, 0.6) is 0 Å². The monoisotopic (exact) mass is 415 g/mol. The molecule has 0 atom stereocenters. The van der Waals surface area contributed by atoms with Crippen LogP contribution < -0.4 is 0 Å². The van der Waals surface area contributed by atoms with Crippen LogP contribution >= 0.6 is 0 Å². The van der Waals surface area contributed by atoms with Gasteiger partial charge in [-0.2, -0.15) is 0 Å². The number of rotatable bonds is 3. The van der Waals surface area contributed by atoms with Gasteiger partial charge in [0.1, 0.15) is 0 Å². The smallest absolute Gasteiger partial charge is 0.248 e. The van der Waals surface area contributed by atoms with Crippen molar-refractivity contribution in [2.75, 3.05) is 0 Å². The molecule has 0 aliphatic heterocycles. The molecule has 0 bridgehead atoms. The van der Waals surface area contributed by atoms with E-state index in [2.05, 4.69) is 107 Å². The summed E-state index contributed by atoms with van der Waals surface area (Å²) in [5.74, 6) is 1.05. The maximum atomic E-state index is 6.08. The fourth-order valence-corrected chi connectivity index (χ4v) is 4.53. The highest BCUT2D eigenvalue weighted by Gasteiger charge is 2.15. The molecule has 0 spiro atoms. The van der Waals surface area contributed by atoms with Crippen LogP contribution in [0.15, 0.2) is 95.4 Å². The van der Waals surface area contributed by atoms with Gasteiger partial charge in [-0.3, -0.25) is 0 Å². The third kappa shape index (κ3) is 3.00. The van der Waals surface area contributed by atoms with Crippen LogP contribution in [0.3, 0.4) is 0 Å². The molecule has 4 heteroatoms. The summed E-state index contributed by atoms with van der Waals surface area (Å²) in [7, 11) is 0. The number of aromatic nitrogens is 3. The Morgan fingerprint density at radius 2 is 1.19 bits per heavy atom. The second kappa shape index (κ2) is 7.20. The van der Waals surface area contributed by atoms with Gasteiger partial charge >= 0.3 is 0 Å². The summed E-state index contributed by atoms with van der Waals surface area (Å²) in [6, 6.07) is 31.5. The molecule has 0 saturated carbocycles. The molecule has 4 aromatic carbocycles. The van der Waals surface area contributed by atoms with E-state index in [0.717, 1.165) is 16.8 Å². The Hall–Kier alpha value is -4.18. The Labute approximate surface area is 185 Å². The summed E-state index contributed by atoms with van der Waals surface area (Å²) < 4.78 is 8.37. The first-order valence-corrected chi connectivity index (χ1v) is 10.7. The SMILES string of the molecule is Cc1cc(C)cc(-c2nnc(-c3cccc(-n4c5ccccc5c5ccccc54)c3)o2)c1. The number of nitrogens with zero attached hydrogens (tertiary/aromatic N) is 3. The van der Waals surface area contributed by atoms with Crippen LogP contribution in [0, 0.1) is 13.8 Å². The molecular formula is C28H21N3O. The average molecular weight is 415 g/mol. The molecule has 0 N–H and O–H groups in total. The molecule has 0 fully saturated rings. The first-order chi connectivity index (χ1) is 15.7. The van der Waals surface area contributed by atoms with E-state index in [0.29, 0.717) is 11.8 Å². The molecule has 0 amide bonds. The summed E-state index contributed by atoms with van der Waals surface area (Å²) in [6.07, 6.45) is 0. The van der Waals surface area contributed by atoms with Crippen LogP contribution in [0.4, 0.5) is 0 Å². The Morgan fingerprint density at radius 1 is 0.594 bits per heavy atom. The maximum Gasteiger partial charge on any atom is 0.248 e. The van der Waals surface area contributed by atoms with Gasteiger partial charge in [-0.1, -0.05) is 59.7 Å². The van der Waals surface area contributed by atoms with Crippen molar-refractivity contribution in [3.8, 4) is 28.6 Å². The Balaban J connectivity index is 1.48. The third-order valence-corrected chi connectivity index (χ3v) is 5.83. The van der Waals surface area contributed by atoms with E-state index in [1.165, 1.54) is 32.9 Å². The van der Waals surface area contributed by atoms with Crippen molar-refractivity contribution in [2.45, 2.75) is 13.8 Å². The van der Waals surface area contributed by atoms with E-state index in [1.807, 2.05) is 12.1 Å². The summed E-state index contributed by atoms with van der Waals surface area (Å²) in [5.41, 5.74) is 7.60. The summed E-state index contributed by atoms with van der Waals surface area (Å²) in [6.45, 7) is 4.14. The predicted molar refractivity (Wildman–Crippen MR) is 129 cm³/mol. The van der Waals surface area contributed by atoms with Gasteiger partial charge in [0.15, 0.2) is 0 Å². The molecule has 4 nitrogen and oxygen atoms in total. The highest BCUT2D eigenvalue weighted by Crippen LogP contribution is 2.33. The molecule has 32 heavy (non-hydrogen) atoms. The van der Waals surface area contributed by atoms with E-state index in [1.54, 1.807) is 0 Å². The lowest BCUT2D eigenvalue weighted by Gasteiger charge is -2.08. The minimum Gasteiger partial charge on any atom is -0.416 e. The third-order valence-electron chi connectivity index (χ3n) is 5.83. The van der Waals surface area contributed by atoms with Gasteiger partial charge in [-0.05, 0) is 56.3 Å². The topological polar surface area (TPSA) is 43.9 Å². The number of hydrogen-bond donors (Lipinski definition) is 0. The highest BCUT2D eigenvalue weighted by atomic mass is 16.4. The van der Waals surface area contributed by atoms with Gasteiger partial charge in [0.2, 0.25) is 11.8 Å². The van der Waals surface area contributed by atoms with Crippen molar-refractivity contribution in [1.82, 2.24) is 14.8 Å². The number of hydrogen-bond acceptors (Lipinski definition) is 3. The minimum atomic E-state index is 0.516. The van der Waals surface area contributed by atoms with Crippen molar-refractivity contribution in [2.24, 2.45) is 0 Å². The molecule has 0 aliphatic rings. The molecule has 0 aliphatic carbocycles. The Bertz CT molecular complexity index is 1530. The van der Waals surface area contributed by atoms with E-state index < -0.39 is 0 Å². The summed E-state index contributed by atoms with van der Waals surface area (Å²) in [4.78, 5) is 0. The molecule has 2 heterocycles. The number of aryl methyl sites for hydroxylation is 2. The van der Waals surface area contributed by atoms with Crippen molar-refractivity contribution >= 4 is 21.8 Å². The van der Waals surface area contributed by atoms with Crippen LogP contribution in [0.25, 0.3) is 50.4 Å². The van der Waals surface area contributed by atoms with Gasteiger partial charge in [0, 0.05) is 27.6 Å². The quantitative estimate of drug-likeness (QED) is 0.309. The zero-order valence-corrected chi connectivity index (χ0v) is 17.9. The van der Waals surface area contributed by atoms with Crippen molar-refractivity contribution in [3.63, 3.8) is 0 Å². The molecule has 2 aromatic heterocycles. The van der Waals surface area contributed by atoms with Gasteiger partial charge in [-0.25, -0.2) is 0 Å². The van der Waals surface area contributed by atoms with Gasteiger partial charge in [0.05, 0.1) is 11.0 Å². The fourth-order valence-electron chi connectivity index (χ4n) is 4.53. The second-order valence-electron chi connectivity index (χ2n) is 8.21. The molecule has 6 aromatic rings. The van der Waals surface area contributed by atoms with E-state index in [-0.39, 0.29) is 0 Å². The van der Waals surface area contributed by atoms with E-state index >= 15 is 0 Å². The standard InChI is InChI=1S/C28H21N3O/c1-18-14-19(2)16-21(15-18)28-30-29-27(32-28)20-8-7-9-22(17-20)31-25-12-5-3-10-23(25)24-11-4-6-13-26(24)31/h3-17H,1-2H3. The Morgan fingerprint density at radius 3 is 1.84 bits per heavy atom. The first kappa shape index (κ1) is 18.6. The Kier molecular flexibility index (Phi) is 4.18. The number of benzene rings is 4. The van der Waals surface area contributed by atoms with Crippen LogP contribution in [0.2, 0.25) is 0 Å². The van der Waals surface area contributed by atoms with Gasteiger partial charge in [0.25, 0.3) is 0 Å². The summed E-state index contributed by atoms with van der Waals surface area (Å²) in [5, 5.41) is 11.1. The first-order valence-electron chi connectivity index (χ1n) is 10.7. The van der Waals surface area contributed by atoms with E-state index in [4.69, 9.17) is 4.42 Å². The average Bonchev–Trinajstić information content (AvgIpc) is 3.42. The molecule has 6 rings (SSSR count). The van der Waals surface area contributed by atoms with Crippen LogP contribution in [-0.2, 0) is 0 Å². The molecular weight excluding hydrogens is 394 g/mol. The number of fused-ring (bicyclic) bond motifs is 3. The second-order valence-corrected chi connectivity index (χ2v) is 8.21. The van der Waals surface area contributed by atoms with Gasteiger partial charge < -0.3 is 8.98 Å². The highest BCUT2D eigenvalue weighted by molar-refractivity contribution is 6.09. The van der Waals surface area contributed by atoms with Crippen LogP contribution in [-0.4, -0.2) is 14.8 Å². The predicted octanol–water partition coefficient (Wildman–Crippen LogP) is 7.12. The molecule has 0 unspecified atom stereocenters. The normalized spacial score (nSPS) is 11.4. The lowest BCUT2D eigenvalue weighted by atomic mass is 10.1.